The molecule has 7 nitrogen and oxygen atoms in total. The number of nitrogen functional groups attached to an aromatic ring is 1. The van der Waals surface area contributed by atoms with Gasteiger partial charge in [-0.3, -0.25) is 0 Å². The van der Waals surface area contributed by atoms with Crippen LogP contribution in [0.1, 0.15) is 10.4 Å². The lowest BCUT2D eigenvalue weighted by molar-refractivity contribution is 0.0696. The van der Waals surface area contributed by atoms with Gasteiger partial charge in [-0.1, -0.05) is 17.8 Å². The number of H-pyrrole nitrogens is 1. The molecule has 0 radical (unpaired) electrons. The zero-order valence-electron chi connectivity index (χ0n) is 9.87. The van der Waals surface area contributed by atoms with Gasteiger partial charge in [-0.25, -0.2) is 9.89 Å². The maximum atomic E-state index is 10.8. The van der Waals surface area contributed by atoms with E-state index in [1.807, 2.05) is 0 Å². The smallest absolute Gasteiger partial charge is 0.335 e. The Bertz CT molecular complexity index is 573. The van der Waals surface area contributed by atoms with Crippen LogP contribution < -0.4 is 10.5 Å². The van der Waals surface area contributed by atoms with Crippen molar-refractivity contribution in [2.24, 2.45) is 0 Å². The second-order valence-electron chi connectivity index (χ2n) is 3.53. The minimum atomic E-state index is -0.976. The first-order valence-corrected chi connectivity index (χ1v) is 6.40. The van der Waals surface area contributed by atoms with Crippen molar-refractivity contribution >= 4 is 23.7 Å². The molecule has 0 spiro atoms. The van der Waals surface area contributed by atoms with Crippen LogP contribution in [0.15, 0.2) is 29.4 Å². The highest BCUT2D eigenvalue weighted by atomic mass is 32.2. The number of rotatable bonds is 6. The third-order valence-corrected chi connectivity index (χ3v) is 2.96. The van der Waals surface area contributed by atoms with Gasteiger partial charge >= 0.3 is 5.97 Å². The largest absolute Gasteiger partial charge is 0.493 e. The fourth-order valence-corrected chi connectivity index (χ4v) is 1.96. The lowest BCUT2D eigenvalue weighted by atomic mass is 10.2. The number of aromatic nitrogens is 3. The van der Waals surface area contributed by atoms with Gasteiger partial charge in [0.05, 0.1) is 12.2 Å². The van der Waals surface area contributed by atoms with E-state index in [2.05, 4.69) is 15.2 Å². The molecule has 19 heavy (non-hydrogen) atoms. The number of carbonyl (C=O) groups is 1. The minimum Gasteiger partial charge on any atom is -0.493 e. The van der Waals surface area contributed by atoms with Gasteiger partial charge in [0.2, 0.25) is 11.1 Å². The van der Waals surface area contributed by atoms with E-state index in [-0.39, 0.29) is 11.5 Å². The number of anilines is 1. The normalized spacial score (nSPS) is 10.3. The predicted octanol–water partition coefficient (Wildman–Crippen LogP) is 1.26. The van der Waals surface area contributed by atoms with E-state index in [1.165, 1.54) is 23.9 Å². The third kappa shape index (κ3) is 3.88. The number of hydrogen-bond donors (Lipinski definition) is 3. The molecule has 2 aromatic rings. The summed E-state index contributed by atoms with van der Waals surface area (Å²) in [6.07, 6.45) is 0. The molecular formula is C11H12N4O3S. The second kappa shape index (κ2) is 6.10. The molecule has 0 amide bonds. The molecule has 4 N–H and O–H groups in total. The van der Waals surface area contributed by atoms with Crippen molar-refractivity contribution in [2.45, 2.75) is 5.16 Å². The number of nitrogens with one attached hydrogen (secondary N) is 1. The number of nitrogens with zero attached hydrogens (tertiary/aromatic N) is 2. The van der Waals surface area contributed by atoms with E-state index >= 15 is 0 Å². The van der Waals surface area contributed by atoms with Crippen molar-refractivity contribution in [3.8, 4) is 5.75 Å². The third-order valence-electron chi connectivity index (χ3n) is 2.15. The van der Waals surface area contributed by atoms with Crippen LogP contribution in [0.25, 0.3) is 0 Å². The van der Waals surface area contributed by atoms with Crippen molar-refractivity contribution in [2.75, 3.05) is 18.1 Å². The Kier molecular flexibility index (Phi) is 4.24. The topological polar surface area (TPSA) is 114 Å². The minimum absolute atomic E-state index is 0.201. The first-order chi connectivity index (χ1) is 9.15. The summed E-state index contributed by atoms with van der Waals surface area (Å²) in [4.78, 5) is 14.7. The monoisotopic (exact) mass is 280 g/mol. The Labute approximate surface area is 113 Å². The van der Waals surface area contributed by atoms with Crippen molar-refractivity contribution < 1.29 is 14.6 Å². The number of carboxylic acids is 1. The fourth-order valence-electron chi connectivity index (χ4n) is 1.33. The molecule has 0 aliphatic rings. The van der Waals surface area contributed by atoms with Gasteiger partial charge < -0.3 is 15.6 Å². The molecule has 0 aliphatic heterocycles. The zero-order valence-corrected chi connectivity index (χ0v) is 10.7. The standard InChI is InChI=1S/C11H12N4O3S/c12-10-13-11(15-14-10)19-5-4-18-8-3-1-2-7(6-8)9(16)17/h1-3,6H,4-5H2,(H,16,17)(H3,12,13,14,15). The molecule has 0 atom stereocenters. The van der Waals surface area contributed by atoms with E-state index < -0.39 is 5.97 Å². The Morgan fingerprint density at radius 3 is 3.05 bits per heavy atom. The number of nitrogens with two attached hydrogens (primary N) is 1. The van der Waals surface area contributed by atoms with Gasteiger partial charge in [0.1, 0.15) is 5.75 Å². The molecule has 1 aromatic heterocycles. The molecule has 0 fully saturated rings. The molecule has 0 aliphatic carbocycles. The molecule has 0 unspecified atom stereocenters. The van der Waals surface area contributed by atoms with E-state index in [0.29, 0.717) is 23.3 Å². The van der Waals surface area contributed by atoms with Crippen LogP contribution in [0.4, 0.5) is 5.95 Å². The van der Waals surface area contributed by atoms with Gasteiger partial charge in [0, 0.05) is 5.75 Å². The predicted molar refractivity (Wildman–Crippen MR) is 70.4 cm³/mol. The van der Waals surface area contributed by atoms with E-state index in [4.69, 9.17) is 15.6 Å². The summed E-state index contributed by atoms with van der Waals surface area (Å²) in [7, 11) is 0. The van der Waals surface area contributed by atoms with Crippen LogP contribution in [0, 0.1) is 0 Å². The van der Waals surface area contributed by atoms with Crippen molar-refractivity contribution in [3.05, 3.63) is 29.8 Å². The quantitative estimate of drug-likeness (QED) is 0.539. The highest BCUT2D eigenvalue weighted by Crippen LogP contribution is 2.16. The van der Waals surface area contributed by atoms with Crippen LogP contribution >= 0.6 is 11.8 Å². The number of ether oxygens (including phenoxy) is 1. The fraction of sp³-hybridized carbons (Fsp3) is 0.182. The summed E-state index contributed by atoms with van der Waals surface area (Å²) in [5.41, 5.74) is 5.59. The Balaban J connectivity index is 1.79. The molecule has 1 aromatic carbocycles. The van der Waals surface area contributed by atoms with E-state index in [0.717, 1.165) is 0 Å². The van der Waals surface area contributed by atoms with Gasteiger partial charge in [-0.05, 0) is 18.2 Å². The first-order valence-electron chi connectivity index (χ1n) is 5.42. The van der Waals surface area contributed by atoms with E-state index in [9.17, 15) is 4.79 Å². The molecule has 8 heteroatoms. The first kappa shape index (κ1) is 13.2. The highest BCUT2D eigenvalue weighted by molar-refractivity contribution is 7.99. The Hall–Kier alpha value is -2.22. The summed E-state index contributed by atoms with van der Waals surface area (Å²) >= 11 is 1.40. The summed E-state index contributed by atoms with van der Waals surface area (Å²) in [6.45, 7) is 0.419. The summed E-state index contributed by atoms with van der Waals surface area (Å²) in [6, 6.07) is 6.35. The lowest BCUT2D eigenvalue weighted by Gasteiger charge is -2.05. The van der Waals surface area contributed by atoms with Gasteiger partial charge in [-0.15, -0.1) is 5.10 Å². The van der Waals surface area contributed by atoms with Crippen LogP contribution in [0.2, 0.25) is 0 Å². The molecule has 0 bridgehead atoms. The van der Waals surface area contributed by atoms with Crippen molar-refractivity contribution in [1.29, 1.82) is 0 Å². The maximum Gasteiger partial charge on any atom is 0.335 e. The van der Waals surface area contributed by atoms with Crippen LogP contribution in [0.5, 0.6) is 5.75 Å². The van der Waals surface area contributed by atoms with Crippen molar-refractivity contribution in [3.63, 3.8) is 0 Å². The van der Waals surface area contributed by atoms with E-state index in [1.54, 1.807) is 12.1 Å². The number of benzene rings is 1. The molecule has 0 saturated heterocycles. The van der Waals surface area contributed by atoms with Crippen LogP contribution in [-0.4, -0.2) is 38.6 Å². The molecule has 0 saturated carbocycles. The SMILES string of the molecule is Nc1nc(SCCOc2cccc(C(=O)O)c2)n[nH]1. The highest BCUT2D eigenvalue weighted by Gasteiger charge is 2.04. The van der Waals surface area contributed by atoms with Gasteiger partial charge in [0.25, 0.3) is 0 Å². The summed E-state index contributed by atoms with van der Waals surface area (Å²) in [5, 5.41) is 15.8. The van der Waals surface area contributed by atoms with Gasteiger partial charge in [-0.2, -0.15) is 4.98 Å². The Morgan fingerprint density at radius 1 is 1.53 bits per heavy atom. The van der Waals surface area contributed by atoms with Gasteiger partial charge in [0.15, 0.2) is 0 Å². The molecule has 1 heterocycles. The average Bonchev–Trinajstić information content (AvgIpc) is 2.81. The van der Waals surface area contributed by atoms with Crippen LogP contribution in [0.3, 0.4) is 0 Å². The second-order valence-corrected chi connectivity index (χ2v) is 4.60. The maximum absolute atomic E-state index is 10.8. The summed E-state index contributed by atoms with van der Waals surface area (Å²) < 4.78 is 5.44. The molecule has 2 rings (SSSR count). The lowest BCUT2D eigenvalue weighted by Crippen LogP contribution is -2.02. The van der Waals surface area contributed by atoms with Crippen molar-refractivity contribution in [1.82, 2.24) is 15.2 Å². The molecule has 100 valence electrons. The number of carboxylic acid groups (broad SMARTS) is 1. The number of aromatic amines is 1. The van der Waals surface area contributed by atoms with Crippen LogP contribution in [-0.2, 0) is 0 Å². The number of thioether (sulfide) groups is 1. The zero-order chi connectivity index (χ0) is 13.7. The number of hydrogen-bond acceptors (Lipinski definition) is 6. The Morgan fingerprint density at radius 2 is 2.37 bits per heavy atom. The average molecular weight is 280 g/mol. The summed E-state index contributed by atoms with van der Waals surface area (Å²) in [5.74, 6) is 0.456. The number of aromatic carboxylic acids is 1. The molecular weight excluding hydrogens is 268 g/mol.